The number of morpholine rings is 1. The lowest BCUT2D eigenvalue weighted by atomic mass is 10.1. The van der Waals surface area contributed by atoms with Crippen LogP contribution in [0.15, 0.2) is 47.4 Å². The third-order valence-electron chi connectivity index (χ3n) is 5.56. The Balaban J connectivity index is 1.59. The van der Waals surface area contributed by atoms with E-state index in [4.69, 9.17) is 4.74 Å². The highest BCUT2D eigenvalue weighted by Gasteiger charge is 2.26. The second-order valence-electron chi connectivity index (χ2n) is 7.51. The molecule has 0 aliphatic carbocycles. The standard InChI is InChI=1S/C22H26F2N2O4S/c1-16(18-6-9-20(23)21(24)15-18)25(2)22(27)10-5-17-3-7-19(8-4-17)31(28,29)26-11-13-30-14-12-26/h3-4,6-9,15-16H,5,10-14H2,1-2H3. The molecule has 9 heteroatoms. The second-order valence-corrected chi connectivity index (χ2v) is 9.45. The molecule has 6 nitrogen and oxygen atoms in total. The monoisotopic (exact) mass is 452 g/mol. The Hall–Kier alpha value is -2.36. The molecule has 1 aliphatic rings. The molecule has 1 atom stereocenters. The summed E-state index contributed by atoms with van der Waals surface area (Å²) in [6.45, 7) is 3.18. The van der Waals surface area contributed by atoms with Crippen molar-refractivity contribution in [3.8, 4) is 0 Å². The number of ether oxygens (including phenoxy) is 1. The Kier molecular flexibility index (Phi) is 7.40. The van der Waals surface area contributed by atoms with Gasteiger partial charge in [0.25, 0.3) is 0 Å². The minimum atomic E-state index is -3.55. The number of carbonyl (C=O) groups is 1. The zero-order valence-corrected chi connectivity index (χ0v) is 18.4. The summed E-state index contributed by atoms with van der Waals surface area (Å²) in [6.07, 6.45) is 0.644. The van der Waals surface area contributed by atoms with Gasteiger partial charge in [0.2, 0.25) is 15.9 Å². The normalized spacial score (nSPS) is 16.1. The fourth-order valence-corrected chi connectivity index (χ4v) is 4.81. The van der Waals surface area contributed by atoms with Crippen molar-refractivity contribution in [3.05, 3.63) is 65.2 Å². The van der Waals surface area contributed by atoms with Gasteiger partial charge < -0.3 is 9.64 Å². The van der Waals surface area contributed by atoms with E-state index in [1.807, 2.05) is 0 Å². The summed E-state index contributed by atoms with van der Waals surface area (Å²) in [5.74, 6) is -2.02. The van der Waals surface area contributed by atoms with Crippen LogP contribution in [0.1, 0.15) is 30.5 Å². The van der Waals surface area contributed by atoms with Crippen LogP contribution in [-0.4, -0.2) is 56.9 Å². The lowest BCUT2D eigenvalue weighted by Crippen LogP contribution is -2.40. The van der Waals surface area contributed by atoms with E-state index >= 15 is 0 Å². The van der Waals surface area contributed by atoms with Gasteiger partial charge in [0.15, 0.2) is 11.6 Å². The molecule has 1 unspecified atom stereocenters. The Morgan fingerprint density at radius 1 is 1.10 bits per heavy atom. The number of amides is 1. The summed E-state index contributed by atoms with van der Waals surface area (Å²) in [7, 11) is -1.93. The highest BCUT2D eigenvalue weighted by molar-refractivity contribution is 7.89. The molecule has 1 fully saturated rings. The van der Waals surface area contributed by atoms with Crippen LogP contribution < -0.4 is 0 Å². The maximum atomic E-state index is 13.5. The number of nitrogens with zero attached hydrogens (tertiary/aromatic N) is 2. The van der Waals surface area contributed by atoms with Crippen LogP contribution in [-0.2, 0) is 26.0 Å². The van der Waals surface area contributed by atoms with E-state index in [2.05, 4.69) is 0 Å². The van der Waals surface area contributed by atoms with Crippen LogP contribution in [0.5, 0.6) is 0 Å². The molecule has 0 bridgehead atoms. The van der Waals surface area contributed by atoms with E-state index < -0.39 is 27.7 Å². The van der Waals surface area contributed by atoms with Crippen LogP contribution in [0.3, 0.4) is 0 Å². The summed E-state index contributed by atoms with van der Waals surface area (Å²) < 4.78 is 58.6. The number of hydrogen-bond donors (Lipinski definition) is 0. The van der Waals surface area contributed by atoms with Crippen molar-refractivity contribution in [1.82, 2.24) is 9.21 Å². The third-order valence-corrected chi connectivity index (χ3v) is 7.47. The van der Waals surface area contributed by atoms with Crippen LogP contribution in [0.4, 0.5) is 8.78 Å². The van der Waals surface area contributed by atoms with Crippen LogP contribution in [0.25, 0.3) is 0 Å². The van der Waals surface area contributed by atoms with Gasteiger partial charge in [-0.15, -0.1) is 0 Å². The minimum Gasteiger partial charge on any atom is -0.379 e. The molecule has 2 aromatic rings. The molecule has 0 aromatic heterocycles. The summed E-state index contributed by atoms with van der Waals surface area (Å²) >= 11 is 0. The molecule has 0 spiro atoms. The van der Waals surface area contributed by atoms with Gasteiger partial charge >= 0.3 is 0 Å². The van der Waals surface area contributed by atoms with E-state index in [-0.39, 0.29) is 17.2 Å². The van der Waals surface area contributed by atoms with Gasteiger partial charge in [-0.1, -0.05) is 18.2 Å². The van der Waals surface area contributed by atoms with Gasteiger partial charge in [0, 0.05) is 26.6 Å². The van der Waals surface area contributed by atoms with Crippen molar-refractivity contribution in [3.63, 3.8) is 0 Å². The Labute approximate surface area is 181 Å². The molecule has 1 heterocycles. The van der Waals surface area contributed by atoms with Crippen molar-refractivity contribution < 1.29 is 26.7 Å². The Morgan fingerprint density at radius 2 is 1.74 bits per heavy atom. The highest BCUT2D eigenvalue weighted by atomic mass is 32.2. The van der Waals surface area contributed by atoms with Gasteiger partial charge in [-0.25, -0.2) is 17.2 Å². The van der Waals surface area contributed by atoms with Gasteiger partial charge in [0.05, 0.1) is 24.2 Å². The van der Waals surface area contributed by atoms with E-state index in [0.29, 0.717) is 38.3 Å². The van der Waals surface area contributed by atoms with Crippen molar-refractivity contribution in [2.24, 2.45) is 0 Å². The van der Waals surface area contributed by atoms with Crippen molar-refractivity contribution in [2.75, 3.05) is 33.4 Å². The molecular weight excluding hydrogens is 426 g/mol. The smallest absolute Gasteiger partial charge is 0.243 e. The Morgan fingerprint density at radius 3 is 2.35 bits per heavy atom. The summed E-state index contributed by atoms with van der Waals surface area (Å²) in [5.41, 5.74) is 1.34. The quantitative estimate of drug-likeness (QED) is 0.647. The molecule has 2 aromatic carbocycles. The van der Waals surface area contributed by atoms with E-state index in [9.17, 15) is 22.0 Å². The topological polar surface area (TPSA) is 66.9 Å². The van der Waals surface area contributed by atoms with Gasteiger partial charge in [-0.05, 0) is 48.7 Å². The van der Waals surface area contributed by atoms with Crippen molar-refractivity contribution in [2.45, 2.75) is 30.7 Å². The summed E-state index contributed by atoms with van der Waals surface area (Å²) in [4.78, 5) is 14.3. The first-order chi connectivity index (χ1) is 14.7. The largest absolute Gasteiger partial charge is 0.379 e. The molecule has 1 saturated heterocycles. The average Bonchev–Trinajstić information content (AvgIpc) is 2.79. The molecule has 0 saturated carbocycles. The summed E-state index contributed by atoms with van der Waals surface area (Å²) in [6, 6.07) is 9.71. The van der Waals surface area contributed by atoms with Gasteiger partial charge in [-0.2, -0.15) is 4.31 Å². The Bertz CT molecular complexity index is 1020. The van der Waals surface area contributed by atoms with Crippen LogP contribution >= 0.6 is 0 Å². The number of sulfonamides is 1. The molecular formula is C22H26F2N2O4S. The number of carbonyl (C=O) groups excluding carboxylic acids is 1. The van der Waals surface area contributed by atoms with E-state index in [1.165, 1.54) is 15.3 Å². The first-order valence-electron chi connectivity index (χ1n) is 10.1. The number of rotatable bonds is 7. The SMILES string of the molecule is CC(c1ccc(F)c(F)c1)N(C)C(=O)CCc1ccc(S(=O)(=O)N2CCOCC2)cc1. The average molecular weight is 453 g/mol. The number of aryl methyl sites for hydroxylation is 1. The molecule has 3 rings (SSSR count). The van der Waals surface area contributed by atoms with Gasteiger partial charge in [-0.3, -0.25) is 4.79 Å². The molecule has 0 N–H and O–H groups in total. The lowest BCUT2D eigenvalue weighted by Gasteiger charge is -2.26. The van der Waals surface area contributed by atoms with Gasteiger partial charge in [0.1, 0.15) is 0 Å². The van der Waals surface area contributed by atoms with E-state index in [1.54, 1.807) is 38.2 Å². The minimum absolute atomic E-state index is 0.151. The number of benzene rings is 2. The maximum Gasteiger partial charge on any atom is 0.243 e. The van der Waals surface area contributed by atoms with Crippen LogP contribution in [0.2, 0.25) is 0 Å². The number of hydrogen-bond acceptors (Lipinski definition) is 4. The molecule has 31 heavy (non-hydrogen) atoms. The molecule has 1 aliphatic heterocycles. The molecule has 0 radical (unpaired) electrons. The first kappa shape index (κ1) is 23.3. The first-order valence-corrected chi connectivity index (χ1v) is 11.5. The zero-order chi connectivity index (χ0) is 22.6. The third kappa shape index (κ3) is 5.47. The lowest BCUT2D eigenvalue weighted by molar-refractivity contribution is -0.131. The zero-order valence-electron chi connectivity index (χ0n) is 17.6. The van der Waals surface area contributed by atoms with Crippen LogP contribution in [0, 0.1) is 11.6 Å². The number of halogens is 2. The molecule has 168 valence electrons. The van der Waals surface area contributed by atoms with E-state index in [0.717, 1.165) is 17.7 Å². The van der Waals surface area contributed by atoms with Crippen molar-refractivity contribution in [1.29, 1.82) is 0 Å². The molecule has 1 amide bonds. The second kappa shape index (κ2) is 9.84. The van der Waals surface area contributed by atoms with Crippen molar-refractivity contribution >= 4 is 15.9 Å². The highest BCUT2D eigenvalue weighted by Crippen LogP contribution is 2.22. The summed E-state index contributed by atoms with van der Waals surface area (Å²) in [5, 5.41) is 0. The predicted octanol–water partition coefficient (Wildman–Crippen LogP) is 3.14. The maximum absolute atomic E-state index is 13.5. The predicted molar refractivity (Wildman–Crippen MR) is 112 cm³/mol. The fourth-order valence-electron chi connectivity index (χ4n) is 3.40. The fraction of sp³-hybridized carbons (Fsp3) is 0.409.